The highest BCUT2D eigenvalue weighted by Gasteiger charge is 2.19. The minimum atomic E-state index is 0.0808. The van der Waals surface area contributed by atoms with Gasteiger partial charge in [0.2, 0.25) is 0 Å². The van der Waals surface area contributed by atoms with E-state index in [2.05, 4.69) is 31.3 Å². The number of nitrogen functional groups attached to an aromatic ring is 1. The first-order valence-corrected chi connectivity index (χ1v) is 6.16. The average Bonchev–Trinajstić information content (AvgIpc) is 2.82. The number of benzene rings is 1. The van der Waals surface area contributed by atoms with Crippen LogP contribution >= 0.6 is 0 Å². The maximum atomic E-state index is 5.71. The molecule has 3 N–H and O–H groups in total. The lowest BCUT2D eigenvalue weighted by atomic mass is 9.84. The molecule has 96 valence electrons. The van der Waals surface area contributed by atoms with Crippen molar-refractivity contribution in [1.29, 1.82) is 0 Å². The third-order valence-corrected chi connectivity index (χ3v) is 3.17. The summed E-state index contributed by atoms with van der Waals surface area (Å²) in [6, 6.07) is 10.1. The Labute approximate surface area is 108 Å². The van der Waals surface area contributed by atoms with Gasteiger partial charge in [0.25, 0.3) is 0 Å². The zero-order valence-electron chi connectivity index (χ0n) is 10.9. The summed E-state index contributed by atoms with van der Waals surface area (Å²) in [7, 11) is 0. The van der Waals surface area contributed by atoms with Crippen molar-refractivity contribution in [2.45, 2.75) is 25.8 Å². The number of nitrogens with two attached hydrogens (primary N) is 1. The van der Waals surface area contributed by atoms with Gasteiger partial charge < -0.3 is 15.5 Å². The molecule has 0 aliphatic carbocycles. The number of nitrogens with one attached hydrogen (secondary N) is 1. The molecule has 0 bridgehead atoms. The summed E-state index contributed by atoms with van der Waals surface area (Å²) in [6.07, 6.45) is 3.46. The number of rotatable bonds is 5. The highest BCUT2D eigenvalue weighted by Crippen LogP contribution is 2.23. The fourth-order valence-corrected chi connectivity index (χ4v) is 1.95. The Balaban J connectivity index is 1.92. The van der Waals surface area contributed by atoms with Crippen molar-refractivity contribution < 1.29 is 4.42 Å². The molecular weight excluding hydrogens is 224 g/mol. The fourth-order valence-electron chi connectivity index (χ4n) is 1.95. The molecular formula is C15H20N2O. The second-order valence-corrected chi connectivity index (χ2v) is 5.24. The molecule has 0 saturated carbocycles. The van der Waals surface area contributed by atoms with Crippen LogP contribution in [0.5, 0.6) is 0 Å². The van der Waals surface area contributed by atoms with Gasteiger partial charge in [0.15, 0.2) is 0 Å². The van der Waals surface area contributed by atoms with E-state index in [-0.39, 0.29) is 5.41 Å². The van der Waals surface area contributed by atoms with E-state index >= 15 is 0 Å². The molecule has 0 atom stereocenters. The quantitative estimate of drug-likeness (QED) is 0.795. The van der Waals surface area contributed by atoms with Gasteiger partial charge in [-0.05, 0) is 23.8 Å². The zero-order valence-corrected chi connectivity index (χ0v) is 10.9. The molecule has 0 radical (unpaired) electrons. The third kappa shape index (κ3) is 3.14. The van der Waals surface area contributed by atoms with E-state index in [0.717, 1.165) is 18.8 Å². The Morgan fingerprint density at radius 1 is 1.17 bits per heavy atom. The van der Waals surface area contributed by atoms with Gasteiger partial charge in [-0.15, -0.1) is 0 Å². The molecule has 0 saturated heterocycles. The Morgan fingerprint density at radius 3 is 2.50 bits per heavy atom. The predicted molar refractivity (Wildman–Crippen MR) is 74.3 cm³/mol. The Kier molecular flexibility index (Phi) is 3.72. The van der Waals surface area contributed by atoms with Crippen LogP contribution in [-0.2, 0) is 12.0 Å². The first-order chi connectivity index (χ1) is 8.58. The second-order valence-electron chi connectivity index (χ2n) is 5.24. The van der Waals surface area contributed by atoms with Crippen LogP contribution < -0.4 is 11.1 Å². The predicted octanol–water partition coefficient (Wildman–Crippen LogP) is 2.93. The highest BCUT2D eigenvalue weighted by molar-refractivity contribution is 5.41. The standard InChI is InChI=1S/C15H20N2O/c1-15(2,13-3-5-14(16)6-4-13)11-17-9-12-7-8-18-10-12/h3-8,10,17H,9,11,16H2,1-2H3. The fraction of sp³-hybridized carbons (Fsp3) is 0.333. The summed E-state index contributed by atoms with van der Waals surface area (Å²) in [5.74, 6) is 0. The minimum Gasteiger partial charge on any atom is -0.472 e. The Morgan fingerprint density at radius 2 is 1.89 bits per heavy atom. The largest absolute Gasteiger partial charge is 0.472 e. The van der Waals surface area contributed by atoms with E-state index < -0.39 is 0 Å². The maximum Gasteiger partial charge on any atom is 0.0947 e. The molecule has 0 unspecified atom stereocenters. The van der Waals surface area contributed by atoms with Gasteiger partial charge in [-0.1, -0.05) is 26.0 Å². The highest BCUT2D eigenvalue weighted by atomic mass is 16.3. The van der Waals surface area contributed by atoms with E-state index in [4.69, 9.17) is 10.2 Å². The van der Waals surface area contributed by atoms with Crippen LogP contribution in [0.2, 0.25) is 0 Å². The van der Waals surface area contributed by atoms with Gasteiger partial charge >= 0.3 is 0 Å². The van der Waals surface area contributed by atoms with Crippen molar-refractivity contribution in [3.8, 4) is 0 Å². The molecule has 2 rings (SSSR count). The van der Waals surface area contributed by atoms with Crippen LogP contribution in [0.15, 0.2) is 47.3 Å². The first kappa shape index (κ1) is 12.7. The van der Waals surface area contributed by atoms with Gasteiger partial charge in [0.05, 0.1) is 12.5 Å². The molecule has 1 heterocycles. The van der Waals surface area contributed by atoms with Crippen LogP contribution in [0.4, 0.5) is 5.69 Å². The van der Waals surface area contributed by atoms with Crippen molar-refractivity contribution in [2.75, 3.05) is 12.3 Å². The summed E-state index contributed by atoms with van der Waals surface area (Å²) in [5, 5.41) is 3.45. The van der Waals surface area contributed by atoms with Crippen molar-refractivity contribution in [2.24, 2.45) is 0 Å². The lowest BCUT2D eigenvalue weighted by molar-refractivity contribution is 0.467. The number of hydrogen-bond donors (Lipinski definition) is 2. The second kappa shape index (κ2) is 5.27. The molecule has 2 aromatic rings. The molecule has 3 nitrogen and oxygen atoms in total. The summed E-state index contributed by atoms with van der Waals surface area (Å²) in [4.78, 5) is 0. The molecule has 18 heavy (non-hydrogen) atoms. The molecule has 0 spiro atoms. The van der Waals surface area contributed by atoms with Gasteiger partial charge in [-0.25, -0.2) is 0 Å². The van der Waals surface area contributed by atoms with Gasteiger partial charge in [0.1, 0.15) is 0 Å². The van der Waals surface area contributed by atoms with E-state index in [1.807, 2.05) is 18.2 Å². The molecule has 1 aromatic heterocycles. The summed E-state index contributed by atoms with van der Waals surface area (Å²) in [6.45, 7) is 6.18. The van der Waals surface area contributed by atoms with Crippen molar-refractivity contribution in [3.63, 3.8) is 0 Å². The van der Waals surface area contributed by atoms with Crippen LogP contribution in [0.25, 0.3) is 0 Å². The van der Waals surface area contributed by atoms with E-state index in [9.17, 15) is 0 Å². The molecule has 1 aromatic carbocycles. The molecule has 0 fully saturated rings. The number of hydrogen-bond acceptors (Lipinski definition) is 3. The molecule has 0 amide bonds. The molecule has 0 aliphatic heterocycles. The van der Waals surface area contributed by atoms with Crippen molar-refractivity contribution >= 4 is 5.69 Å². The lowest BCUT2D eigenvalue weighted by Crippen LogP contribution is -2.32. The Bertz CT molecular complexity index is 472. The summed E-state index contributed by atoms with van der Waals surface area (Å²) in [5.41, 5.74) is 9.05. The average molecular weight is 244 g/mol. The van der Waals surface area contributed by atoms with Gasteiger partial charge in [-0.2, -0.15) is 0 Å². The third-order valence-electron chi connectivity index (χ3n) is 3.17. The minimum absolute atomic E-state index is 0.0808. The maximum absolute atomic E-state index is 5.71. The van der Waals surface area contributed by atoms with E-state index in [1.54, 1.807) is 12.5 Å². The van der Waals surface area contributed by atoms with E-state index in [0.29, 0.717) is 0 Å². The monoisotopic (exact) mass is 244 g/mol. The molecule has 0 aliphatic rings. The van der Waals surface area contributed by atoms with Crippen molar-refractivity contribution in [3.05, 3.63) is 54.0 Å². The summed E-state index contributed by atoms with van der Waals surface area (Å²) < 4.78 is 5.04. The Hall–Kier alpha value is -1.74. The molecule has 3 heteroatoms. The lowest BCUT2D eigenvalue weighted by Gasteiger charge is -2.25. The van der Waals surface area contributed by atoms with E-state index in [1.165, 1.54) is 11.1 Å². The van der Waals surface area contributed by atoms with Crippen LogP contribution in [0, 0.1) is 0 Å². The van der Waals surface area contributed by atoms with Crippen molar-refractivity contribution in [1.82, 2.24) is 5.32 Å². The smallest absolute Gasteiger partial charge is 0.0947 e. The SMILES string of the molecule is CC(C)(CNCc1ccoc1)c1ccc(N)cc1. The normalized spacial score (nSPS) is 11.7. The topological polar surface area (TPSA) is 51.2 Å². The number of anilines is 1. The van der Waals surface area contributed by atoms with Gasteiger partial charge in [0, 0.05) is 29.8 Å². The van der Waals surface area contributed by atoms with Gasteiger partial charge in [-0.3, -0.25) is 0 Å². The number of furan rings is 1. The zero-order chi connectivity index (χ0) is 13.0. The van der Waals surface area contributed by atoms with Crippen LogP contribution in [0.1, 0.15) is 25.0 Å². The van der Waals surface area contributed by atoms with Crippen LogP contribution in [-0.4, -0.2) is 6.54 Å². The van der Waals surface area contributed by atoms with Crippen LogP contribution in [0.3, 0.4) is 0 Å². The first-order valence-electron chi connectivity index (χ1n) is 6.16. The summed E-state index contributed by atoms with van der Waals surface area (Å²) >= 11 is 0.